The first-order valence-corrected chi connectivity index (χ1v) is 7.39. The summed E-state index contributed by atoms with van der Waals surface area (Å²) in [5, 5.41) is 0. The summed E-state index contributed by atoms with van der Waals surface area (Å²) in [5.74, 6) is 0.900. The first-order chi connectivity index (χ1) is 9.42. The van der Waals surface area contributed by atoms with E-state index >= 15 is 0 Å². The van der Waals surface area contributed by atoms with E-state index in [0.29, 0.717) is 19.7 Å². The molecule has 1 aliphatic rings. The molecule has 0 aromatic heterocycles. The summed E-state index contributed by atoms with van der Waals surface area (Å²) in [6.07, 6.45) is -2.40. The Bertz CT molecular complexity index is 444. The molecular weight excluding hydrogens is 371 g/mol. The van der Waals surface area contributed by atoms with Gasteiger partial charge < -0.3 is 4.74 Å². The normalized spacial score (nSPS) is 19.9. The van der Waals surface area contributed by atoms with Crippen molar-refractivity contribution in [3.8, 4) is 5.75 Å². The summed E-state index contributed by atoms with van der Waals surface area (Å²) in [7, 11) is 0. The van der Waals surface area contributed by atoms with Gasteiger partial charge in [-0.2, -0.15) is 13.2 Å². The minimum Gasteiger partial charge on any atom is -0.493 e. The standard InChI is InChI=1S/C14H17BrF3NO.ClH/c15-12-4-1-5-13(7-12)20-9-11-3-2-6-19(8-11)10-14(16,17)18;/h1,4-5,7,11H,2-3,6,8-10H2;1H/t11-;/m0./s1. The molecule has 1 aliphatic heterocycles. The van der Waals surface area contributed by atoms with E-state index in [0.717, 1.165) is 23.1 Å². The Hall–Kier alpha value is -0.460. The Kier molecular flexibility index (Phi) is 7.30. The van der Waals surface area contributed by atoms with Crippen LogP contribution in [-0.2, 0) is 0 Å². The van der Waals surface area contributed by atoms with Crippen molar-refractivity contribution < 1.29 is 17.9 Å². The first kappa shape index (κ1) is 18.6. The molecule has 1 atom stereocenters. The molecule has 1 fully saturated rings. The number of alkyl halides is 3. The van der Waals surface area contributed by atoms with Gasteiger partial charge in [-0.15, -0.1) is 12.4 Å². The summed E-state index contributed by atoms with van der Waals surface area (Å²) >= 11 is 3.36. The van der Waals surface area contributed by atoms with E-state index in [1.807, 2.05) is 24.3 Å². The third-order valence-electron chi connectivity index (χ3n) is 3.29. The summed E-state index contributed by atoms with van der Waals surface area (Å²) in [5.41, 5.74) is 0. The predicted molar refractivity (Wildman–Crippen MR) is 82.1 cm³/mol. The van der Waals surface area contributed by atoms with Crippen LogP contribution in [0, 0.1) is 5.92 Å². The Morgan fingerprint density at radius 3 is 2.76 bits per heavy atom. The van der Waals surface area contributed by atoms with Gasteiger partial charge in [0.1, 0.15) is 5.75 Å². The number of likely N-dealkylation sites (tertiary alicyclic amines) is 1. The molecule has 0 radical (unpaired) electrons. The number of ether oxygens (including phenoxy) is 1. The maximum absolute atomic E-state index is 12.4. The van der Waals surface area contributed by atoms with E-state index in [9.17, 15) is 13.2 Å². The highest BCUT2D eigenvalue weighted by atomic mass is 79.9. The molecule has 1 saturated heterocycles. The molecule has 2 nitrogen and oxygen atoms in total. The second kappa shape index (κ2) is 8.25. The molecule has 2 rings (SSSR count). The molecule has 1 heterocycles. The molecule has 0 N–H and O–H groups in total. The van der Waals surface area contributed by atoms with Crippen LogP contribution < -0.4 is 4.74 Å². The fourth-order valence-electron chi connectivity index (χ4n) is 2.46. The fraction of sp³-hybridized carbons (Fsp3) is 0.571. The van der Waals surface area contributed by atoms with Gasteiger partial charge in [-0.25, -0.2) is 0 Å². The quantitative estimate of drug-likeness (QED) is 0.752. The minimum absolute atomic E-state index is 0. The smallest absolute Gasteiger partial charge is 0.401 e. The minimum atomic E-state index is -4.12. The molecule has 0 bridgehead atoms. The van der Waals surface area contributed by atoms with E-state index < -0.39 is 12.7 Å². The second-order valence-corrected chi connectivity index (χ2v) is 6.04. The van der Waals surface area contributed by atoms with Crippen molar-refractivity contribution in [1.82, 2.24) is 4.90 Å². The van der Waals surface area contributed by atoms with Gasteiger partial charge in [-0.3, -0.25) is 4.90 Å². The number of piperidine rings is 1. The van der Waals surface area contributed by atoms with Crippen LogP contribution in [-0.4, -0.2) is 37.3 Å². The molecule has 0 amide bonds. The summed E-state index contributed by atoms with van der Waals surface area (Å²) < 4.78 is 43.7. The van der Waals surface area contributed by atoms with Crippen LogP contribution in [0.25, 0.3) is 0 Å². The summed E-state index contributed by atoms with van der Waals surface area (Å²) in [4.78, 5) is 1.47. The summed E-state index contributed by atoms with van der Waals surface area (Å²) in [6, 6.07) is 7.48. The van der Waals surface area contributed by atoms with Crippen LogP contribution in [0.15, 0.2) is 28.7 Å². The summed E-state index contributed by atoms with van der Waals surface area (Å²) in [6.45, 7) is 0.617. The number of benzene rings is 1. The van der Waals surface area contributed by atoms with E-state index in [2.05, 4.69) is 15.9 Å². The van der Waals surface area contributed by atoms with Crippen LogP contribution in [0.4, 0.5) is 13.2 Å². The van der Waals surface area contributed by atoms with Gasteiger partial charge >= 0.3 is 6.18 Å². The number of nitrogens with zero attached hydrogens (tertiary/aromatic N) is 1. The third-order valence-corrected chi connectivity index (χ3v) is 3.78. The van der Waals surface area contributed by atoms with Crippen LogP contribution in [0.2, 0.25) is 0 Å². The second-order valence-electron chi connectivity index (χ2n) is 5.13. The zero-order chi connectivity index (χ0) is 14.6. The average Bonchev–Trinajstić information content (AvgIpc) is 2.35. The van der Waals surface area contributed by atoms with Crippen LogP contribution >= 0.6 is 28.3 Å². The molecular formula is C14H18BrClF3NO. The lowest BCUT2D eigenvalue weighted by atomic mass is 9.99. The van der Waals surface area contributed by atoms with E-state index in [-0.39, 0.29) is 18.3 Å². The Labute approximate surface area is 137 Å². The van der Waals surface area contributed by atoms with Crippen LogP contribution in [0.3, 0.4) is 0 Å². The van der Waals surface area contributed by atoms with Crippen molar-refractivity contribution in [2.24, 2.45) is 5.92 Å². The van der Waals surface area contributed by atoms with Gasteiger partial charge in [-0.05, 0) is 37.6 Å². The lowest BCUT2D eigenvalue weighted by Crippen LogP contribution is -2.42. The highest BCUT2D eigenvalue weighted by molar-refractivity contribution is 9.10. The fourth-order valence-corrected chi connectivity index (χ4v) is 2.83. The number of hydrogen-bond acceptors (Lipinski definition) is 2. The molecule has 21 heavy (non-hydrogen) atoms. The van der Waals surface area contributed by atoms with E-state index in [4.69, 9.17) is 4.74 Å². The van der Waals surface area contributed by atoms with Gasteiger partial charge in [-0.1, -0.05) is 22.0 Å². The lowest BCUT2D eigenvalue weighted by molar-refractivity contribution is -0.149. The van der Waals surface area contributed by atoms with Gasteiger partial charge in [0, 0.05) is 16.9 Å². The maximum atomic E-state index is 12.4. The van der Waals surface area contributed by atoms with Gasteiger partial charge in [0.05, 0.1) is 13.2 Å². The van der Waals surface area contributed by atoms with Gasteiger partial charge in [0.15, 0.2) is 0 Å². The van der Waals surface area contributed by atoms with Crippen molar-refractivity contribution in [3.05, 3.63) is 28.7 Å². The molecule has 1 aromatic carbocycles. The Morgan fingerprint density at radius 2 is 2.10 bits per heavy atom. The maximum Gasteiger partial charge on any atom is 0.401 e. The van der Waals surface area contributed by atoms with Crippen LogP contribution in [0.1, 0.15) is 12.8 Å². The van der Waals surface area contributed by atoms with Gasteiger partial charge in [0.2, 0.25) is 0 Å². The molecule has 1 aromatic rings. The topological polar surface area (TPSA) is 12.5 Å². The molecule has 0 saturated carbocycles. The largest absolute Gasteiger partial charge is 0.493 e. The number of hydrogen-bond donors (Lipinski definition) is 0. The van der Waals surface area contributed by atoms with Crippen molar-refractivity contribution in [2.45, 2.75) is 19.0 Å². The number of halogens is 5. The van der Waals surface area contributed by atoms with Gasteiger partial charge in [0.25, 0.3) is 0 Å². The van der Waals surface area contributed by atoms with Crippen LogP contribution in [0.5, 0.6) is 5.75 Å². The average molecular weight is 389 g/mol. The lowest BCUT2D eigenvalue weighted by Gasteiger charge is -2.32. The monoisotopic (exact) mass is 387 g/mol. The van der Waals surface area contributed by atoms with Crippen molar-refractivity contribution in [2.75, 3.05) is 26.2 Å². The van der Waals surface area contributed by atoms with Crippen molar-refractivity contribution in [1.29, 1.82) is 0 Å². The molecule has 0 aliphatic carbocycles. The number of rotatable bonds is 4. The third kappa shape index (κ3) is 6.89. The first-order valence-electron chi connectivity index (χ1n) is 6.60. The van der Waals surface area contributed by atoms with Crippen molar-refractivity contribution in [3.63, 3.8) is 0 Å². The Balaban J connectivity index is 0.00000220. The molecule has 7 heteroatoms. The highest BCUT2D eigenvalue weighted by Gasteiger charge is 2.33. The SMILES string of the molecule is Cl.FC(F)(F)CN1CCC[C@H](COc2cccc(Br)c2)C1. The van der Waals surface area contributed by atoms with E-state index in [1.54, 1.807) is 0 Å². The molecule has 120 valence electrons. The zero-order valence-corrected chi connectivity index (χ0v) is 13.8. The molecule has 0 spiro atoms. The van der Waals surface area contributed by atoms with Crippen molar-refractivity contribution >= 4 is 28.3 Å². The Morgan fingerprint density at radius 1 is 1.33 bits per heavy atom. The highest BCUT2D eigenvalue weighted by Crippen LogP contribution is 2.24. The molecule has 0 unspecified atom stereocenters. The zero-order valence-electron chi connectivity index (χ0n) is 11.4. The predicted octanol–water partition coefficient (Wildman–Crippen LogP) is 4.52. The van der Waals surface area contributed by atoms with E-state index in [1.165, 1.54) is 4.90 Å².